The smallest absolute Gasteiger partial charge is 0.261 e. The predicted octanol–water partition coefficient (Wildman–Crippen LogP) is 4.22. The van der Waals surface area contributed by atoms with Gasteiger partial charge in [-0.25, -0.2) is 0 Å². The zero-order valence-corrected chi connectivity index (χ0v) is 19.6. The van der Waals surface area contributed by atoms with Gasteiger partial charge in [0.25, 0.3) is 11.8 Å². The largest absolute Gasteiger partial charge is 0.497 e. The molecule has 0 fully saturated rings. The number of nitrogens with one attached hydrogen (secondary N) is 2. The number of amides is 2. The van der Waals surface area contributed by atoms with Gasteiger partial charge in [-0.2, -0.15) is 0 Å². The maximum atomic E-state index is 12.9. The van der Waals surface area contributed by atoms with E-state index in [9.17, 15) is 9.59 Å². The van der Waals surface area contributed by atoms with E-state index in [1.165, 1.54) is 15.8 Å². The van der Waals surface area contributed by atoms with Crippen molar-refractivity contribution < 1.29 is 19.1 Å². The van der Waals surface area contributed by atoms with Crippen molar-refractivity contribution in [2.75, 3.05) is 20.8 Å². The molecule has 0 aliphatic carbocycles. The molecule has 3 aromatic carbocycles. The van der Waals surface area contributed by atoms with Crippen LogP contribution in [0.3, 0.4) is 0 Å². The van der Waals surface area contributed by atoms with Crippen molar-refractivity contribution in [3.05, 3.63) is 94.2 Å². The third-order valence-electron chi connectivity index (χ3n) is 7.00. The van der Waals surface area contributed by atoms with Crippen molar-refractivity contribution in [1.29, 1.82) is 0 Å². The summed E-state index contributed by atoms with van der Waals surface area (Å²) in [6.07, 6.45) is 0.914. The van der Waals surface area contributed by atoms with Gasteiger partial charge >= 0.3 is 0 Å². The van der Waals surface area contributed by atoms with E-state index in [1.807, 2.05) is 30.3 Å². The molecule has 4 aromatic rings. The average Bonchev–Trinajstić information content (AvgIpc) is 3.39. The minimum Gasteiger partial charge on any atom is -0.497 e. The van der Waals surface area contributed by atoms with Crippen LogP contribution in [0.4, 0.5) is 0 Å². The normalized spacial score (nSPS) is 17.0. The Morgan fingerprint density at radius 2 is 1.71 bits per heavy atom. The minimum absolute atomic E-state index is 0.0519. The van der Waals surface area contributed by atoms with Crippen molar-refractivity contribution in [3.8, 4) is 11.5 Å². The minimum atomic E-state index is -0.277. The molecule has 7 nitrogen and oxygen atoms in total. The van der Waals surface area contributed by atoms with Crippen LogP contribution in [0.25, 0.3) is 10.9 Å². The summed E-state index contributed by atoms with van der Waals surface area (Å²) in [5.41, 5.74) is 6.18. The number of methoxy groups -OCH3 is 2. The molecule has 7 heteroatoms. The second-order valence-corrected chi connectivity index (χ2v) is 8.88. The van der Waals surface area contributed by atoms with Gasteiger partial charge in [0, 0.05) is 28.7 Å². The van der Waals surface area contributed by atoms with Crippen LogP contribution in [-0.4, -0.2) is 42.5 Å². The highest BCUT2D eigenvalue weighted by Crippen LogP contribution is 2.37. The van der Waals surface area contributed by atoms with Crippen molar-refractivity contribution >= 4 is 22.7 Å². The fourth-order valence-corrected chi connectivity index (χ4v) is 5.27. The van der Waals surface area contributed by atoms with Gasteiger partial charge in [0.05, 0.1) is 37.9 Å². The molecule has 1 aromatic heterocycles. The third kappa shape index (κ3) is 3.39. The molecule has 6 rings (SSSR count). The number of imide groups is 1. The summed E-state index contributed by atoms with van der Waals surface area (Å²) in [5, 5.41) is 4.79. The second kappa shape index (κ2) is 8.29. The molecule has 0 spiro atoms. The molecule has 0 saturated carbocycles. The van der Waals surface area contributed by atoms with Crippen molar-refractivity contribution in [2.45, 2.75) is 19.0 Å². The average molecular weight is 468 g/mol. The lowest BCUT2D eigenvalue weighted by Crippen LogP contribution is -2.31. The molecule has 2 aliphatic rings. The van der Waals surface area contributed by atoms with E-state index in [0.29, 0.717) is 16.9 Å². The fraction of sp³-hybridized carbons (Fsp3) is 0.214. The fourth-order valence-electron chi connectivity index (χ4n) is 5.27. The standard InChI is InChI=1S/C28H25N3O4/c1-34-18-8-9-23-22(14-18)19-11-12-29-25(26(19)30-23)16-7-10-24(35-2)17(13-16)15-31-27(32)20-5-3-4-6-21(20)28(31)33/h3-10,13-14,25,29-30H,11-12,15H2,1-2H3/t25-/m1/s1. The topological polar surface area (TPSA) is 83.7 Å². The first-order valence-corrected chi connectivity index (χ1v) is 11.6. The molecule has 3 heterocycles. The van der Waals surface area contributed by atoms with E-state index in [0.717, 1.165) is 41.1 Å². The number of H-pyrrole nitrogens is 1. The van der Waals surface area contributed by atoms with Crippen LogP contribution in [-0.2, 0) is 13.0 Å². The quantitative estimate of drug-likeness (QED) is 0.430. The monoisotopic (exact) mass is 467 g/mol. The lowest BCUT2D eigenvalue weighted by molar-refractivity contribution is 0.0641. The van der Waals surface area contributed by atoms with Crippen LogP contribution in [0, 0.1) is 0 Å². The zero-order valence-electron chi connectivity index (χ0n) is 19.6. The summed E-state index contributed by atoms with van der Waals surface area (Å²) in [5.74, 6) is 0.922. The molecule has 2 amide bonds. The number of aromatic nitrogens is 1. The summed E-state index contributed by atoms with van der Waals surface area (Å²) in [4.78, 5) is 30.8. The van der Waals surface area contributed by atoms with Gasteiger partial charge < -0.3 is 19.8 Å². The first-order chi connectivity index (χ1) is 17.1. The molecular formula is C28H25N3O4. The molecule has 0 saturated heterocycles. The van der Waals surface area contributed by atoms with Gasteiger partial charge in [-0.15, -0.1) is 0 Å². The number of benzene rings is 3. The molecule has 0 radical (unpaired) electrons. The third-order valence-corrected chi connectivity index (χ3v) is 7.00. The van der Waals surface area contributed by atoms with E-state index in [-0.39, 0.29) is 24.4 Å². The Hall–Kier alpha value is -4.10. The summed E-state index contributed by atoms with van der Waals surface area (Å²) in [7, 11) is 3.28. The maximum Gasteiger partial charge on any atom is 0.261 e. The van der Waals surface area contributed by atoms with Crippen LogP contribution in [0.2, 0.25) is 0 Å². The van der Waals surface area contributed by atoms with Crippen LogP contribution in [0.15, 0.2) is 60.7 Å². The first kappa shape index (κ1) is 21.4. The molecule has 35 heavy (non-hydrogen) atoms. The predicted molar refractivity (Wildman–Crippen MR) is 132 cm³/mol. The van der Waals surface area contributed by atoms with Gasteiger partial charge in [-0.05, 0) is 60.0 Å². The van der Waals surface area contributed by atoms with Gasteiger partial charge in [0.1, 0.15) is 11.5 Å². The van der Waals surface area contributed by atoms with E-state index in [4.69, 9.17) is 9.47 Å². The van der Waals surface area contributed by atoms with E-state index in [2.05, 4.69) is 16.4 Å². The number of hydrogen-bond acceptors (Lipinski definition) is 5. The zero-order chi connectivity index (χ0) is 24.1. The highest BCUT2D eigenvalue weighted by molar-refractivity contribution is 6.21. The van der Waals surface area contributed by atoms with Crippen LogP contribution >= 0.6 is 0 Å². The molecule has 2 aliphatic heterocycles. The molecule has 1 atom stereocenters. The Balaban J connectivity index is 1.37. The Morgan fingerprint density at radius 3 is 2.43 bits per heavy atom. The molecule has 2 N–H and O–H groups in total. The number of fused-ring (bicyclic) bond motifs is 4. The second-order valence-electron chi connectivity index (χ2n) is 8.88. The highest BCUT2D eigenvalue weighted by atomic mass is 16.5. The van der Waals surface area contributed by atoms with Crippen molar-refractivity contribution in [3.63, 3.8) is 0 Å². The number of aromatic amines is 1. The SMILES string of the molecule is COc1ccc2[nH]c3c(c2c1)CCN[C@@H]3c1ccc(OC)c(CN2C(=O)c3ccccc3C2=O)c1. The van der Waals surface area contributed by atoms with E-state index >= 15 is 0 Å². The van der Waals surface area contributed by atoms with Crippen molar-refractivity contribution in [1.82, 2.24) is 15.2 Å². The Labute approximate surface area is 202 Å². The molecule has 176 valence electrons. The van der Waals surface area contributed by atoms with Gasteiger partial charge in [-0.1, -0.05) is 18.2 Å². The number of carbonyl (C=O) groups is 2. The number of ether oxygens (including phenoxy) is 2. The van der Waals surface area contributed by atoms with Crippen LogP contribution in [0.1, 0.15) is 49.1 Å². The van der Waals surface area contributed by atoms with Gasteiger partial charge in [0.2, 0.25) is 0 Å². The molecule has 0 unspecified atom stereocenters. The number of carbonyl (C=O) groups excluding carboxylic acids is 2. The van der Waals surface area contributed by atoms with Gasteiger partial charge in [-0.3, -0.25) is 14.5 Å². The highest BCUT2D eigenvalue weighted by Gasteiger charge is 2.36. The lowest BCUT2D eigenvalue weighted by Gasteiger charge is -2.26. The Kier molecular flexibility index (Phi) is 5.07. The summed E-state index contributed by atoms with van der Waals surface area (Å²) in [6.45, 7) is 0.981. The number of nitrogens with zero attached hydrogens (tertiary/aromatic N) is 1. The number of rotatable bonds is 5. The summed E-state index contributed by atoms with van der Waals surface area (Å²) >= 11 is 0. The van der Waals surface area contributed by atoms with E-state index in [1.54, 1.807) is 38.5 Å². The van der Waals surface area contributed by atoms with Crippen molar-refractivity contribution in [2.24, 2.45) is 0 Å². The summed E-state index contributed by atoms with van der Waals surface area (Å²) in [6, 6.07) is 18.9. The first-order valence-electron chi connectivity index (χ1n) is 11.6. The summed E-state index contributed by atoms with van der Waals surface area (Å²) < 4.78 is 11.0. The van der Waals surface area contributed by atoms with Gasteiger partial charge in [0.15, 0.2) is 0 Å². The van der Waals surface area contributed by atoms with E-state index < -0.39 is 0 Å². The lowest BCUT2D eigenvalue weighted by atomic mass is 9.93. The maximum absolute atomic E-state index is 12.9. The molecular weight excluding hydrogens is 442 g/mol. The number of hydrogen-bond donors (Lipinski definition) is 2. The van der Waals surface area contributed by atoms with Crippen LogP contribution < -0.4 is 14.8 Å². The Morgan fingerprint density at radius 1 is 0.943 bits per heavy atom. The molecule has 0 bridgehead atoms. The van der Waals surface area contributed by atoms with Crippen LogP contribution in [0.5, 0.6) is 11.5 Å². The Bertz CT molecular complexity index is 1450.